The van der Waals surface area contributed by atoms with Crippen molar-refractivity contribution in [3.05, 3.63) is 12.2 Å². The Bertz CT molecular complexity index is 207. The van der Waals surface area contributed by atoms with Gasteiger partial charge in [0.25, 0.3) is 0 Å². The molecule has 1 saturated carbocycles. The van der Waals surface area contributed by atoms with Gasteiger partial charge in [-0.05, 0) is 70.9 Å². The van der Waals surface area contributed by atoms with Crippen molar-refractivity contribution in [1.29, 1.82) is 0 Å². The van der Waals surface area contributed by atoms with Crippen molar-refractivity contribution in [2.75, 3.05) is 13.1 Å². The molecule has 0 amide bonds. The Balaban J connectivity index is 1.73. The van der Waals surface area contributed by atoms with Gasteiger partial charge in [0.1, 0.15) is 0 Å². The molecule has 2 aliphatic rings. The Morgan fingerprint density at radius 2 is 1.73 bits per heavy atom. The van der Waals surface area contributed by atoms with Gasteiger partial charge in [-0.2, -0.15) is 0 Å². The minimum Gasteiger partial charge on any atom is -0.300 e. The lowest BCUT2D eigenvalue weighted by molar-refractivity contribution is 0.164. The summed E-state index contributed by atoms with van der Waals surface area (Å²) in [5.74, 6) is 0.946. The molecule has 0 aromatic rings. The van der Waals surface area contributed by atoms with E-state index in [1.54, 1.807) is 0 Å². The van der Waals surface area contributed by atoms with E-state index in [1.807, 2.05) is 0 Å². The van der Waals surface area contributed by atoms with E-state index in [0.717, 1.165) is 12.0 Å². The topological polar surface area (TPSA) is 3.24 Å². The van der Waals surface area contributed by atoms with E-state index < -0.39 is 0 Å². The Morgan fingerprint density at radius 1 is 1.13 bits per heavy atom. The van der Waals surface area contributed by atoms with Crippen LogP contribution in [0.15, 0.2) is 12.2 Å². The first-order valence-corrected chi connectivity index (χ1v) is 6.64. The number of hydrogen-bond acceptors (Lipinski definition) is 1. The third-order valence-corrected chi connectivity index (χ3v) is 4.11. The number of nitrogens with zero attached hydrogens (tertiary/aromatic N) is 1. The smallest absolute Gasteiger partial charge is 0.00954 e. The van der Waals surface area contributed by atoms with E-state index >= 15 is 0 Å². The second-order valence-corrected chi connectivity index (χ2v) is 5.58. The lowest BCUT2D eigenvalue weighted by Gasteiger charge is -2.34. The molecule has 0 radical (unpaired) electrons. The average molecular weight is 207 g/mol. The van der Waals surface area contributed by atoms with Crippen LogP contribution in [0.4, 0.5) is 0 Å². The summed E-state index contributed by atoms with van der Waals surface area (Å²) in [6.07, 6.45) is 9.90. The van der Waals surface area contributed by atoms with Crippen LogP contribution in [-0.4, -0.2) is 24.0 Å². The van der Waals surface area contributed by atoms with E-state index in [9.17, 15) is 0 Å². The molecule has 15 heavy (non-hydrogen) atoms. The van der Waals surface area contributed by atoms with Gasteiger partial charge in [0, 0.05) is 6.04 Å². The minimum absolute atomic E-state index is 0.925. The molecule has 1 heterocycles. The summed E-state index contributed by atoms with van der Waals surface area (Å²) in [6.45, 7) is 8.95. The molecule has 2 rings (SSSR count). The number of allylic oxidation sites excluding steroid dienone is 1. The molecular weight excluding hydrogens is 182 g/mol. The lowest BCUT2D eigenvalue weighted by atomic mass is 9.82. The summed E-state index contributed by atoms with van der Waals surface area (Å²) in [6, 6.07) is 0.925. The van der Waals surface area contributed by atoms with Crippen LogP contribution >= 0.6 is 0 Å². The van der Waals surface area contributed by atoms with Crippen molar-refractivity contribution < 1.29 is 0 Å². The van der Waals surface area contributed by atoms with E-state index in [4.69, 9.17) is 0 Å². The number of rotatable bonds is 3. The molecule has 0 aromatic heterocycles. The second kappa shape index (κ2) is 5.16. The maximum absolute atomic E-state index is 4.04. The van der Waals surface area contributed by atoms with Crippen LogP contribution in [0.2, 0.25) is 0 Å². The quantitative estimate of drug-likeness (QED) is 0.639. The van der Waals surface area contributed by atoms with Gasteiger partial charge in [-0.15, -0.1) is 6.58 Å². The summed E-state index contributed by atoms with van der Waals surface area (Å²) in [5.41, 5.74) is 1.37. The Morgan fingerprint density at radius 3 is 2.27 bits per heavy atom. The molecule has 0 aromatic carbocycles. The van der Waals surface area contributed by atoms with Crippen LogP contribution < -0.4 is 0 Å². The first-order valence-electron chi connectivity index (χ1n) is 6.64. The molecule has 0 spiro atoms. The highest BCUT2D eigenvalue weighted by Crippen LogP contribution is 2.32. The van der Waals surface area contributed by atoms with E-state index in [2.05, 4.69) is 18.4 Å². The Hall–Kier alpha value is -0.300. The number of hydrogen-bond donors (Lipinski definition) is 0. The molecule has 0 unspecified atom stereocenters. The van der Waals surface area contributed by atoms with Crippen molar-refractivity contribution in [3.63, 3.8) is 0 Å². The Labute approximate surface area is 94.5 Å². The molecule has 0 atom stereocenters. The van der Waals surface area contributed by atoms with Crippen LogP contribution in [0, 0.1) is 5.92 Å². The van der Waals surface area contributed by atoms with Crippen LogP contribution in [0.25, 0.3) is 0 Å². The fraction of sp³-hybridized carbons (Fsp3) is 0.857. The zero-order valence-corrected chi connectivity index (χ0v) is 10.2. The highest BCUT2D eigenvalue weighted by atomic mass is 15.2. The van der Waals surface area contributed by atoms with Gasteiger partial charge in [-0.25, -0.2) is 0 Å². The summed E-state index contributed by atoms with van der Waals surface area (Å²) in [7, 11) is 0. The van der Waals surface area contributed by atoms with Crippen LogP contribution in [0.1, 0.15) is 51.9 Å². The van der Waals surface area contributed by atoms with E-state index in [1.165, 1.54) is 63.6 Å². The van der Waals surface area contributed by atoms with Crippen molar-refractivity contribution in [2.45, 2.75) is 57.9 Å². The highest BCUT2D eigenvalue weighted by Gasteiger charge is 2.27. The average Bonchev–Trinajstić information content (AvgIpc) is 2.71. The van der Waals surface area contributed by atoms with Crippen molar-refractivity contribution in [3.8, 4) is 0 Å². The summed E-state index contributed by atoms with van der Waals surface area (Å²) in [4.78, 5) is 2.73. The monoisotopic (exact) mass is 207 g/mol. The summed E-state index contributed by atoms with van der Waals surface area (Å²) < 4.78 is 0. The molecule has 1 aliphatic heterocycles. The van der Waals surface area contributed by atoms with E-state index in [0.29, 0.717) is 0 Å². The Kier molecular flexibility index (Phi) is 3.85. The lowest BCUT2D eigenvalue weighted by Crippen LogP contribution is -2.35. The number of likely N-dealkylation sites (tertiary alicyclic amines) is 1. The molecule has 1 heteroatoms. The first-order chi connectivity index (χ1) is 7.25. The summed E-state index contributed by atoms with van der Waals surface area (Å²) >= 11 is 0. The largest absolute Gasteiger partial charge is 0.300 e. The molecule has 0 bridgehead atoms. The van der Waals surface area contributed by atoms with Gasteiger partial charge in [-0.3, -0.25) is 0 Å². The molecule has 2 fully saturated rings. The van der Waals surface area contributed by atoms with Crippen LogP contribution in [-0.2, 0) is 0 Å². The van der Waals surface area contributed by atoms with Crippen LogP contribution in [0.5, 0.6) is 0 Å². The first kappa shape index (κ1) is 11.2. The molecule has 0 N–H and O–H groups in total. The summed E-state index contributed by atoms with van der Waals surface area (Å²) in [5, 5.41) is 0. The van der Waals surface area contributed by atoms with Gasteiger partial charge >= 0.3 is 0 Å². The SMILES string of the molecule is C=C(C)CC1CCC(N2CCCC2)CC1. The van der Waals surface area contributed by atoms with E-state index in [-0.39, 0.29) is 0 Å². The van der Waals surface area contributed by atoms with Crippen molar-refractivity contribution in [1.82, 2.24) is 4.90 Å². The van der Waals surface area contributed by atoms with Gasteiger partial charge in [0.15, 0.2) is 0 Å². The minimum atomic E-state index is 0.925. The normalized spacial score (nSPS) is 33.1. The van der Waals surface area contributed by atoms with Crippen molar-refractivity contribution >= 4 is 0 Å². The zero-order chi connectivity index (χ0) is 10.7. The molecule has 86 valence electrons. The maximum Gasteiger partial charge on any atom is 0.00954 e. The van der Waals surface area contributed by atoms with Gasteiger partial charge < -0.3 is 4.90 Å². The molecule has 1 saturated heterocycles. The predicted molar refractivity (Wildman–Crippen MR) is 66.0 cm³/mol. The maximum atomic E-state index is 4.04. The third kappa shape index (κ3) is 3.07. The molecule has 1 aliphatic carbocycles. The van der Waals surface area contributed by atoms with Crippen LogP contribution in [0.3, 0.4) is 0 Å². The zero-order valence-electron chi connectivity index (χ0n) is 10.2. The molecular formula is C14H25N. The second-order valence-electron chi connectivity index (χ2n) is 5.58. The highest BCUT2D eigenvalue weighted by molar-refractivity contribution is 4.92. The van der Waals surface area contributed by atoms with Gasteiger partial charge in [-0.1, -0.05) is 5.57 Å². The fourth-order valence-corrected chi connectivity index (χ4v) is 3.31. The third-order valence-electron chi connectivity index (χ3n) is 4.11. The molecule has 1 nitrogen and oxygen atoms in total. The van der Waals surface area contributed by atoms with Gasteiger partial charge in [0.2, 0.25) is 0 Å². The predicted octanol–water partition coefficient (Wildman–Crippen LogP) is 3.61. The standard InChI is InChI=1S/C14H25N/c1-12(2)11-13-5-7-14(8-6-13)15-9-3-4-10-15/h13-14H,1,3-11H2,2H3. The van der Waals surface area contributed by atoms with Crippen molar-refractivity contribution in [2.24, 2.45) is 5.92 Å². The van der Waals surface area contributed by atoms with Gasteiger partial charge in [0.05, 0.1) is 0 Å². The fourth-order valence-electron chi connectivity index (χ4n) is 3.31.